The molecule has 0 unspecified atom stereocenters. The number of nitrogens with two attached hydrogens (primary N) is 1. The predicted molar refractivity (Wildman–Crippen MR) is 65.7 cm³/mol. The van der Waals surface area contributed by atoms with E-state index in [9.17, 15) is 13.6 Å². The molecule has 6 heteroatoms. The molecule has 0 aliphatic carbocycles. The van der Waals surface area contributed by atoms with Crippen molar-refractivity contribution < 1.29 is 18.3 Å². The van der Waals surface area contributed by atoms with Crippen LogP contribution in [0.25, 0.3) is 0 Å². The zero-order valence-corrected chi connectivity index (χ0v) is 10.1. The summed E-state index contributed by atoms with van der Waals surface area (Å²) < 4.78 is 28.1. The van der Waals surface area contributed by atoms with E-state index in [1.807, 2.05) is 13.0 Å². The lowest BCUT2D eigenvalue weighted by Gasteiger charge is -2.09. The highest BCUT2D eigenvalue weighted by atomic mass is 19.3. The van der Waals surface area contributed by atoms with Crippen LogP contribution in [0.4, 0.5) is 20.2 Å². The van der Waals surface area contributed by atoms with E-state index in [-0.39, 0.29) is 18.9 Å². The van der Waals surface area contributed by atoms with Gasteiger partial charge in [-0.05, 0) is 24.6 Å². The van der Waals surface area contributed by atoms with Gasteiger partial charge in [-0.3, -0.25) is 4.79 Å². The number of alkyl halides is 2. The second-order valence-electron chi connectivity index (χ2n) is 3.85. The minimum atomic E-state index is -2.51. The SMILES string of the molecule is Cc1ccc(NC(=O)CCOCC(F)F)c(N)c1. The number of rotatable bonds is 6. The Kier molecular flexibility index (Phi) is 5.51. The molecule has 0 saturated heterocycles. The first-order valence-electron chi connectivity index (χ1n) is 5.51. The zero-order valence-electron chi connectivity index (χ0n) is 10.1. The quantitative estimate of drug-likeness (QED) is 0.607. The van der Waals surface area contributed by atoms with Gasteiger partial charge >= 0.3 is 0 Å². The van der Waals surface area contributed by atoms with Crippen LogP contribution in [-0.2, 0) is 9.53 Å². The molecule has 0 atom stereocenters. The molecule has 4 nitrogen and oxygen atoms in total. The third-order valence-corrected chi connectivity index (χ3v) is 2.20. The standard InChI is InChI=1S/C12H16F2N2O2/c1-8-2-3-10(9(15)6-8)16-12(17)4-5-18-7-11(13)14/h2-3,6,11H,4-5,7,15H2,1H3,(H,16,17). The van der Waals surface area contributed by atoms with E-state index in [0.29, 0.717) is 11.4 Å². The maximum absolute atomic E-state index is 11.8. The van der Waals surface area contributed by atoms with E-state index >= 15 is 0 Å². The summed E-state index contributed by atoms with van der Waals surface area (Å²) in [5.74, 6) is -0.320. The van der Waals surface area contributed by atoms with Gasteiger partial charge in [-0.25, -0.2) is 8.78 Å². The second kappa shape index (κ2) is 6.90. The van der Waals surface area contributed by atoms with E-state index < -0.39 is 13.0 Å². The van der Waals surface area contributed by atoms with Crippen molar-refractivity contribution in [1.82, 2.24) is 0 Å². The van der Waals surface area contributed by atoms with Crippen LogP contribution < -0.4 is 11.1 Å². The summed E-state index contributed by atoms with van der Waals surface area (Å²) in [6, 6.07) is 5.25. The number of hydrogen-bond donors (Lipinski definition) is 2. The molecular formula is C12H16F2N2O2. The average Bonchev–Trinajstić information content (AvgIpc) is 2.28. The van der Waals surface area contributed by atoms with Gasteiger partial charge in [0.25, 0.3) is 6.43 Å². The third-order valence-electron chi connectivity index (χ3n) is 2.20. The van der Waals surface area contributed by atoms with Crippen LogP contribution in [0, 0.1) is 6.92 Å². The third kappa shape index (κ3) is 5.09. The van der Waals surface area contributed by atoms with Gasteiger partial charge < -0.3 is 15.8 Å². The normalized spacial score (nSPS) is 10.7. The fraction of sp³-hybridized carbons (Fsp3) is 0.417. The molecule has 0 aromatic heterocycles. The first-order valence-corrected chi connectivity index (χ1v) is 5.51. The van der Waals surface area contributed by atoms with Gasteiger partial charge in [-0.2, -0.15) is 0 Å². The number of amides is 1. The molecule has 0 aliphatic rings. The Balaban J connectivity index is 2.35. The summed E-state index contributed by atoms with van der Waals surface area (Å²) in [7, 11) is 0. The number of hydrogen-bond acceptors (Lipinski definition) is 3. The lowest BCUT2D eigenvalue weighted by Crippen LogP contribution is -2.16. The van der Waals surface area contributed by atoms with Crippen molar-refractivity contribution in [2.24, 2.45) is 0 Å². The van der Waals surface area contributed by atoms with Crippen LogP contribution in [0.5, 0.6) is 0 Å². The Morgan fingerprint density at radius 2 is 2.22 bits per heavy atom. The van der Waals surface area contributed by atoms with E-state index in [1.165, 1.54) is 0 Å². The van der Waals surface area contributed by atoms with Crippen LogP contribution >= 0.6 is 0 Å². The fourth-order valence-electron chi connectivity index (χ4n) is 1.35. The molecule has 100 valence electrons. The van der Waals surface area contributed by atoms with Gasteiger partial charge in [0.2, 0.25) is 5.91 Å². The fourth-order valence-corrected chi connectivity index (χ4v) is 1.35. The van der Waals surface area contributed by atoms with Crippen LogP contribution in [0.15, 0.2) is 18.2 Å². The number of nitrogens with one attached hydrogen (secondary N) is 1. The number of carbonyl (C=O) groups is 1. The Hall–Kier alpha value is -1.69. The molecule has 0 bridgehead atoms. The van der Waals surface area contributed by atoms with Crippen LogP contribution in [0.2, 0.25) is 0 Å². The minimum Gasteiger partial charge on any atom is -0.397 e. The molecule has 0 spiro atoms. The summed E-state index contributed by atoms with van der Waals surface area (Å²) in [5.41, 5.74) is 7.69. The summed E-state index contributed by atoms with van der Waals surface area (Å²) in [5, 5.41) is 2.59. The molecule has 1 aromatic carbocycles. The molecular weight excluding hydrogens is 242 g/mol. The van der Waals surface area contributed by atoms with E-state index in [1.54, 1.807) is 12.1 Å². The van der Waals surface area contributed by atoms with Gasteiger partial charge in [-0.15, -0.1) is 0 Å². The van der Waals surface area contributed by atoms with Crippen molar-refractivity contribution in [2.75, 3.05) is 24.3 Å². The number of nitrogen functional groups attached to an aromatic ring is 1. The van der Waals surface area contributed by atoms with Crippen molar-refractivity contribution in [1.29, 1.82) is 0 Å². The second-order valence-corrected chi connectivity index (χ2v) is 3.85. The topological polar surface area (TPSA) is 64.3 Å². The minimum absolute atomic E-state index is 0.0139. The predicted octanol–water partition coefficient (Wildman–Crippen LogP) is 2.19. The molecule has 1 aromatic rings. The van der Waals surface area contributed by atoms with Crippen LogP contribution in [-0.4, -0.2) is 25.5 Å². The molecule has 0 saturated carbocycles. The Labute approximate surface area is 104 Å². The lowest BCUT2D eigenvalue weighted by molar-refractivity contribution is -0.117. The monoisotopic (exact) mass is 258 g/mol. The van der Waals surface area contributed by atoms with Crippen molar-refractivity contribution in [2.45, 2.75) is 19.8 Å². The summed E-state index contributed by atoms with van der Waals surface area (Å²) in [4.78, 5) is 11.5. The van der Waals surface area contributed by atoms with Gasteiger partial charge in [0.05, 0.1) is 24.4 Å². The first kappa shape index (κ1) is 14.4. The van der Waals surface area contributed by atoms with Gasteiger partial charge in [-0.1, -0.05) is 6.07 Å². The Bertz CT molecular complexity index is 411. The molecule has 0 fully saturated rings. The first-order chi connectivity index (χ1) is 8.49. The van der Waals surface area contributed by atoms with Crippen LogP contribution in [0.1, 0.15) is 12.0 Å². The molecule has 0 aliphatic heterocycles. The largest absolute Gasteiger partial charge is 0.397 e. The van der Waals surface area contributed by atoms with E-state index in [4.69, 9.17) is 5.73 Å². The highest BCUT2D eigenvalue weighted by molar-refractivity contribution is 5.93. The molecule has 18 heavy (non-hydrogen) atoms. The number of ether oxygens (including phenoxy) is 1. The van der Waals surface area contributed by atoms with Gasteiger partial charge in [0.15, 0.2) is 0 Å². The Morgan fingerprint density at radius 1 is 1.50 bits per heavy atom. The van der Waals surface area contributed by atoms with Crippen molar-refractivity contribution in [3.63, 3.8) is 0 Å². The van der Waals surface area contributed by atoms with Crippen molar-refractivity contribution in [3.8, 4) is 0 Å². The van der Waals surface area contributed by atoms with Crippen molar-refractivity contribution >= 4 is 17.3 Å². The molecule has 1 rings (SSSR count). The number of halogens is 2. The number of anilines is 2. The maximum atomic E-state index is 11.8. The number of carbonyl (C=O) groups excluding carboxylic acids is 1. The molecule has 3 N–H and O–H groups in total. The highest BCUT2D eigenvalue weighted by Gasteiger charge is 2.07. The van der Waals surface area contributed by atoms with Crippen molar-refractivity contribution in [3.05, 3.63) is 23.8 Å². The Morgan fingerprint density at radius 3 is 2.83 bits per heavy atom. The van der Waals surface area contributed by atoms with E-state index in [2.05, 4.69) is 10.1 Å². The van der Waals surface area contributed by atoms with Crippen LogP contribution in [0.3, 0.4) is 0 Å². The zero-order chi connectivity index (χ0) is 13.5. The lowest BCUT2D eigenvalue weighted by atomic mass is 10.2. The summed E-state index contributed by atoms with van der Waals surface area (Å²) in [6.07, 6.45) is -2.50. The molecule has 0 heterocycles. The van der Waals surface area contributed by atoms with Gasteiger partial charge in [0, 0.05) is 0 Å². The number of aryl methyl sites for hydroxylation is 1. The summed E-state index contributed by atoms with van der Waals surface area (Å²) in [6.45, 7) is 1.20. The summed E-state index contributed by atoms with van der Waals surface area (Å²) >= 11 is 0. The molecule has 0 radical (unpaired) electrons. The maximum Gasteiger partial charge on any atom is 0.261 e. The van der Waals surface area contributed by atoms with Gasteiger partial charge in [0.1, 0.15) is 6.61 Å². The average molecular weight is 258 g/mol. The highest BCUT2D eigenvalue weighted by Crippen LogP contribution is 2.19. The number of benzene rings is 1. The van der Waals surface area contributed by atoms with E-state index in [0.717, 1.165) is 5.56 Å². The molecule has 1 amide bonds. The smallest absolute Gasteiger partial charge is 0.261 e.